The molecule has 0 aromatic rings. The summed E-state index contributed by atoms with van der Waals surface area (Å²) in [6.07, 6.45) is 11.7. The molecule has 0 atom stereocenters. The second kappa shape index (κ2) is 18.7. The Balaban J connectivity index is 3.08. The van der Waals surface area contributed by atoms with Crippen LogP contribution in [0.5, 0.6) is 0 Å². The SMILES string of the molecule is CCCCCCCCCCOCCOCCCC(=O)OCC(C)C. The fourth-order valence-corrected chi connectivity index (χ4v) is 2.31. The van der Waals surface area contributed by atoms with Gasteiger partial charge in [0, 0.05) is 19.6 Å². The molecule has 0 rings (SSSR count). The van der Waals surface area contributed by atoms with Crippen LogP contribution in [-0.2, 0) is 19.0 Å². The largest absolute Gasteiger partial charge is 0.465 e. The molecule has 0 aromatic carbocycles. The van der Waals surface area contributed by atoms with Gasteiger partial charge in [-0.25, -0.2) is 0 Å². The molecule has 0 unspecified atom stereocenters. The van der Waals surface area contributed by atoms with Crippen LogP contribution in [0.1, 0.15) is 85.0 Å². The fourth-order valence-electron chi connectivity index (χ4n) is 2.31. The molecule has 0 amide bonds. The molecule has 0 heterocycles. The maximum Gasteiger partial charge on any atom is 0.305 e. The minimum atomic E-state index is -0.127. The molecule has 0 radical (unpaired) electrons. The lowest BCUT2D eigenvalue weighted by Crippen LogP contribution is -2.11. The van der Waals surface area contributed by atoms with Crippen LogP contribution in [-0.4, -0.2) is 39.0 Å². The quantitative estimate of drug-likeness (QED) is 0.255. The third kappa shape index (κ3) is 19.4. The summed E-state index contributed by atoms with van der Waals surface area (Å²) in [5.74, 6) is 0.265. The molecule has 4 nitrogen and oxygen atoms in total. The first-order chi connectivity index (χ1) is 11.7. The standard InChI is InChI=1S/C20H40O4/c1-4-5-6-7-8-9-10-11-14-22-16-17-23-15-12-13-20(21)24-18-19(2)3/h19H,4-18H2,1-3H3. The van der Waals surface area contributed by atoms with Crippen molar-refractivity contribution in [1.82, 2.24) is 0 Å². The van der Waals surface area contributed by atoms with Crippen LogP contribution in [0.4, 0.5) is 0 Å². The van der Waals surface area contributed by atoms with Crippen molar-refractivity contribution in [2.45, 2.75) is 85.0 Å². The lowest BCUT2D eigenvalue weighted by Gasteiger charge is -2.08. The van der Waals surface area contributed by atoms with Crippen molar-refractivity contribution < 1.29 is 19.0 Å². The van der Waals surface area contributed by atoms with Crippen molar-refractivity contribution in [2.24, 2.45) is 5.92 Å². The number of hydrogen-bond donors (Lipinski definition) is 0. The van der Waals surface area contributed by atoms with Gasteiger partial charge in [-0.05, 0) is 18.8 Å². The summed E-state index contributed by atoms with van der Waals surface area (Å²) in [5, 5.41) is 0. The van der Waals surface area contributed by atoms with Gasteiger partial charge in [-0.2, -0.15) is 0 Å². The van der Waals surface area contributed by atoms with E-state index in [2.05, 4.69) is 6.92 Å². The first-order valence-corrected chi connectivity index (χ1v) is 9.98. The van der Waals surface area contributed by atoms with Crippen LogP contribution in [0.25, 0.3) is 0 Å². The number of ether oxygens (including phenoxy) is 3. The monoisotopic (exact) mass is 344 g/mol. The van der Waals surface area contributed by atoms with E-state index in [4.69, 9.17) is 14.2 Å². The van der Waals surface area contributed by atoms with Gasteiger partial charge in [0.1, 0.15) is 0 Å². The molecular weight excluding hydrogens is 304 g/mol. The third-order valence-corrected chi connectivity index (χ3v) is 3.76. The van der Waals surface area contributed by atoms with Gasteiger partial charge >= 0.3 is 5.97 Å². The van der Waals surface area contributed by atoms with Crippen molar-refractivity contribution in [2.75, 3.05) is 33.0 Å². The highest BCUT2D eigenvalue weighted by Gasteiger charge is 2.03. The van der Waals surface area contributed by atoms with E-state index in [1.807, 2.05) is 13.8 Å². The maximum absolute atomic E-state index is 11.4. The van der Waals surface area contributed by atoms with Crippen LogP contribution in [0.15, 0.2) is 0 Å². The Morgan fingerprint density at radius 3 is 1.88 bits per heavy atom. The van der Waals surface area contributed by atoms with Crippen LogP contribution in [0, 0.1) is 5.92 Å². The smallest absolute Gasteiger partial charge is 0.305 e. The molecule has 24 heavy (non-hydrogen) atoms. The number of unbranched alkanes of at least 4 members (excludes halogenated alkanes) is 7. The summed E-state index contributed by atoms with van der Waals surface area (Å²) in [7, 11) is 0. The Bertz CT molecular complexity index is 266. The van der Waals surface area contributed by atoms with E-state index >= 15 is 0 Å². The zero-order chi connectivity index (χ0) is 17.9. The zero-order valence-electron chi connectivity index (χ0n) is 16.3. The molecule has 0 aliphatic rings. The van der Waals surface area contributed by atoms with Gasteiger partial charge in [0.05, 0.1) is 19.8 Å². The van der Waals surface area contributed by atoms with Crippen LogP contribution >= 0.6 is 0 Å². The summed E-state index contributed by atoms with van der Waals surface area (Å²) in [6, 6.07) is 0. The topological polar surface area (TPSA) is 44.8 Å². The molecular formula is C20H40O4. The minimum Gasteiger partial charge on any atom is -0.465 e. The Labute approximate surface area is 149 Å². The third-order valence-electron chi connectivity index (χ3n) is 3.76. The summed E-state index contributed by atoms with van der Waals surface area (Å²) in [5.41, 5.74) is 0. The fraction of sp³-hybridized carbons (Fsp3) is 0.950. The van der Waals surface area contributed by atoms with Crippen molar-refractivity contribution in [3.63, 3.8) is 0 Å². The van der Waals surface area contributed by atoms with Gasteiger partial charge in [-0.1, -0.05) is 65.7 Å². The Morgan fingerprint density at radius 1 is 0.750 bits per heavy atom. The van der Waals surface area contributed by atoms with E-state index in [9.17, 15) is 4.79 Å². The Kier molecular flexibility index (Phi) is 18.2. The predicted molar refractivity (Wildman–Crippen MR) is 99.3 cm³/mol. The molecule has 0 fully saturated rings. The zero-order valence-corrected chi connectivity index (χ0v) is 16.3. The van der Waals surface area contributed by atoms with E-state index in [-0.39, 0.29) is 5.97 Å². The Morgan fingerprint density at radius 2 is 1.29 bits per heavy atom. The van der Waals surface area contributed by atoms with Crippen molar-refractivity contribution in [1.29, 1.82) is 0 Å². The number of carbonyl (C=O) groups is 1. The molecule has 144 valence electrons. The van der Waals surface area contributed by atoms with Crippen LogP contribution < -0.4 is 0 Å². The Hall–Kier alpha value is -0.610. The average Bonchev–Trinajstić information content (AvgIpc) is 2.56. The molecule has 0 spiro atoms. The van der Waals surface area contributed by atoms with Crippen molar-refractivity contribution in [3.05, 3.63) is 0 Å². The summed E-state index contributed by atoms with van der Waals surface area (Å²) in [4.78, 5) is 11.4. The lowest BCUT2D eigenvalue weighted by atomic mass is 10.1. The van der Waals surface area contributed by atoms with Gasteiger partial charge in [-0.3, -0.25) is 4.79 Å². The molecule has 0 saturated carbocycles. The molecule has 0 aliphatic heterocycles. The number of hydrogen-bond acceptors (Lipinski definition) is 4. The van der Waals surface area contributed by atoms with Gasteiger partial charge in [0.15, 0.2) is 0 Å². The van der Waals surface area contributed by atoms with Gasteiger partial charge < -0.3 is 14.2 Å². The van der Waals surface area contributed by atoms with E-state index in [0.717, 1.165) is 19.4 Å². The lowest BCUT2D eigenvalue weighted by molar-refractivity contribution is -0.145. The second-order valence-electron chi connectivity index (χ2n) is 6.88. The molecule has 0 aromatic heterocycles. The first kappa shape index (κ1) is 23.4. The predicted octanol–water partition coefficient (Wildman–Crippen LogP) is 5.14. The van der Waals surface area contributed by atoms with E-state index in [0.29, 0.717) is 38.8 Å². The molecule has 0 saturated heterocycles. The number of carbonyl (C=O) groups excluding carboxylic acids is 1. The van der Waals surface area contributed by atoms with E-state index in [1.165, 1.54) is 44.9 Å². The maximum atomic E-state index is 11.4. The van der Waals surface area contributed by atoms with Gasteiger partial charge in [0.25, 0.3) is 0 Å². The first-order valence-electron chi connectivity index (χ1n) is 9.98. The highest BCUT2D eigenvalue weighted by Crippen LogP contribution is 2.08. The normalized spacial score (nSPS) is 11.2. The summed E-state index contributed by atoms with van der Waals surface area (Å²) >= 11 is 0. The molecule has 4 heteroatoms. The minimum absolute atomic E-state index is 0.127. The highest BCUT2D eigenvalue weighted by molar-refractivity contribution is 5.69. The summed E-state index contributed by atoms with van der Waals surface area (Å²) in [6.45, 7) is 9.51. The van der Waals surface area contributed by atoms with Crippen molar-refractivity contribution in [3.8, 4) is 0 Å². The molecule has 0 bridgehead atoms. The highest BCUT2D eigenvalue weighted by atomic mass is 16.5. The molecule has 0 aliphatic carbocycles. The van der Waals surface area contributed by atoms with Gasteiger partial charge in [-0.15, -0.1) is 0 Å². The van der Waals surface area contributed by atoms with Crippen LogP contribution in [0.3, 0.4) is 0 Å². The van der Waals surface area contributed by atoms with E-state index < -0.39 is 0 Å². The number of esters is 1. The van der Waals surface area contributed by atoms with Crippen LogP contribution in [0.2, 0.25) is 0 Å². The van der Waals surface area contributed by atoms with Gasteiger partial charge in [0.2, 0.25) is 0 Å². The van der Waals surface area contributed by atoms with E-state index in [1.54, 1.807) is 0 Å². The molecule has 0 N–H and O–H groups in total. The van der Waals surface area contributed by atoms with Crippen molar-refractivity contribution >= 4 is 5.97 Å². The average molecular weight is 345 g/mol. The summed E-state index contributed by atoms with van der Waals surface area (Å²) < 4.78 is 16.1. The number of rotatable bonds is 18. The second-order valence-corrected chi connectivity index (χ2v) is 6.88.